The minimum atomic E-state index is -3.72. The molecule has 1 fully saturated rings. The molecule has 1 heterocycles. The summed E-state index contributed by atoms with van der Waals surface area (Å²) in [5.41, 5.74) is 1.24. The fourth-order valence-electron chi connectivity index (χ4n) is 3.02. The molecule has 3 rings (SSSR count). The van der Waals surface area contributed by atoms with E-state index in [0.29, 0.717) is 0 Å². The lowest BCUT2D eigenvalue weighted by molar-refractivity contribution is -0.126. The predicted octanol–water partition coefficient (Wildman–Crippen LogP) is 3.72. The molecule has 1 aliphatic heterocycles. The van der Waals surface area contributed by atoms with Gasteiger partial charge >= 0.3 is 0 Å². The summed E-state index contributed by atoms with van der Waals surface area (Å²) in [6, 6.07) is 15.0. The number of Topliss-reactive ketones (excluding diaryl/α,β-unsaturated/α-hetero) is 1. The van der Waals surface area contributed by atoms with E-state index in [1.807, 2.05) is 58.0 Å². The van der Waals surface area contributed by atoms with Crippen molar-refractivity contribution < 1.29 is 13.2 Å². The summed E-state index contributed by atoms with van der Waals surface area (Å²) in [6.07, 6.45) is 0. The predicted molar refractivity (Wildman–Crippen MR) is 97.6 cm³/mol. The molecule has 0 bridgehead atoms. The average molecular weight is 357 g/mol. The minimum Gasteiger partial charge on any atom is -0.297 e. The highest BCUT2D eigenvalue weighted by Gasteiger charge is 2.61. The van der Waals surface area contributed by atoms with Gasteiger partial charge < -0.3 is 0 Å². The van der Waals surface area contributed by atoms with Gasteiger partial charge in [-0.2, -0.15) is 4.31 Å². The Balaban J connectivity index is 2.03. The first-order chi connectivity index (χ1) is 11.6. The normalized spacial score (nSPS) is 23.3. The van der Waals surface area contributed by atoms with Crippen molar-refractivity contribution in [2.45, 2.75) is 44.7 Å². The molecule has 1 saturated heterocycles. The van der Waals surface area contributed by atoms with Gasteiger partial charge in [-0.1, -0.05) is 68.8 Å². The van der Waals surface area contributed by atoms with Crippen LogP contribution >= 0.6 is 0 Å². The molecule has 0 amide bonds. The molecule has 25 heavy (non-hydrogen) atoms. The van der Waals surface area contributed by atoms with E-state index in [1.54, 1.807) is 24.3 Å². The van der Waals surface area contributed by atoms with Crippen LogP contribution in [0.2, 0.25) is 0 Å². The van der Waals surface area contributed by atoms with Crippen molar-refractivity contribution in [3.8, 4) is 0 Å². The number of carbonyl (C=O) groups excluding carboxylic acids is 1. The maximum absolute atomic E-state index is 13.1. The molecule has 0 spiro atoms. The van der Waals surface area contributed by atoms with Gasteiger partial charge in [0.05, 0.1) is 10.9 Å². The van der Waals surface area contributed by atoms with Gasteiger partial charge in [0, 0.05) is 5.41 Å². The number of aryl methyl sites for hydroxylation is 1. The van der Waals surface area contributed by atoms with Crippen LogP contribution in [0.25, 0.3) is 0 Å². The highest BCUT2D eigenvalue weighted by molar-refractivity contribution is 7.89. The second kappa shape index (κ2) is 6.07. The Hall–Kier alpha value is -1.98. The summed E-state index contributed by atoms with van der Waals surface area (Å²) in [6.45, 7) is 7.39. The van der Waals surface area contributed by atoms with E-state index in [2.05, 4.69) is 0 Å². The molecule has 0 radical (unpaired) electrons. The topological polar surface area (TPSA) is 54.2 Å². The molecule has 0 aromatic heterocycles. The Labute approximate surface area is 149 Å². The molecule has 2 aromatic carbocycles. The van der Waals surface area contributed by atoms with Crippen LogP contribution in [0.3, 0.4) is 0 Å². The summed E-state index contributed by atoms with van der Waals surface area (Å²) in [5.74, 6) is -0.0583. The van der Waals surface area contributed by atoms with Gasteiger partial charge in [-0.15, -0.1) is 0 Å². The van der Waals surface area contributed by atoms with Crippen molar-refractivity contribution in [1.82, 2.24) is 4.31 Å². The van der Waals surface area contributed by atoms with Crippen molar-refractivity contribution in [3.63, 3.8) is 0 Å². The maximum Gasteiger partial charge on any atom is 0.244 e. The van der Waals surface area contributed by atoms with Crippen LogP contribution in [0.4, 0.5) is 0 Å². The summed E-state index contributed by atoms with van der Waals surface area (Å²) in [7, 11) is -3.72. The van der Waals surface area contributed by atoms with Crippen LogP contribution in [0.1, 0.15) is 37.9 Å². The molecular formula is C20H23NO3S. The quantitative estimate of drug-likeness (QED) is 0.784. The van der Waals surface area contributed by atoms with E-state index in [-0.39, 0.29) is 10.7 Å². The molecule has 2 aromatic rings. The zero-order valence-electron chi connectivity index (χ0n) is 14.9. The third-order valence-electron chi connectivity index (χ3n) is 4.50. The first-order valence-corrected chi connectivity index (χ1v) is 9.77. The van der Waals surface area contributed by atoms with Crippen LogP contribution in [0.15, 0.2) is 59.5 Å². The van der Waals surface area contributed by atoms with Gasteiger partial charge in [0.1, 0.15) is 6.04 Å². The zero-order valence-corrected chi connectivity index (χ0v) is 15.7. The number of rotatable bonds is 4. The fourth-order valence-corrected chi connectivity index (χ4v) is 4.74. The molecule has 132 valence electrons. The van der Waals surface area contributed by atoms with Crippen molar-refractivity contribution in [1.29, 1.82) is 0 Å². The summed E-state index contributed by atoms with van der Waals surface area (Å²) < 4.78 is 27.6. The van der Waals surface area contributed by atoms with Crippen molar-refractivity contribution in [3.05, 3.63) is 65.7 Å². The second-order valence-corrected chi connectivity index (χ2v) is 9.41. The van der Waals surface area contributed by atoms with E-state index < -0.39 is 27.5 Å². The molecule has 1 aliphatic rings. The largest absolute Gasteiger partial charge is 0.297 e. The SMILES string of the molecule is Cc1ccc(S(=O)(=O)N2[C@@H](C(=O)C(C)(C)C)[C@@H]2c2ccccc2)cc1. The van der Waals surface area contributed by atoms with Crippen LogP contribution in [-0.2, 0) is 14.8 Å². The van der Waals surface area contributed by atoms with E-state index in [1.165, 1.54) is 4.31 Å². The fraction of sp³-hybridized carbons (Fsp3) is 0.350. The monoisotopic (exact) mass is 357 g/mol. The Bertz CT molecular complexity index is 881. The number of hydrogen-bond donors (Lipinski definition) is 0. The molecule has 0 N–H and O–H groups in total. The zero-order chi connectivity index (χ0) is 18.4. The number of hydrogen-bond acceptors (Lipinski definition) is 3. The summed E-state index contributed by atoms with van der Waals surface area (Å²) >= 11 is 0. The molecule has 1 unspecified atom stereocenters. The minimum absolute atomic E-state index is 0.0583. The molecule has 0 aliphatic carbocycles. The number of sulfonamides is 1. The first kappa shape index (κ1) is 17.8. The number of nitrogens with zero attached hydrogens (tertiary/aromatic N) is 1. The van der Waals surface area contributed by atoms with E-state index in [4.69, 9.17) is 0 Å². The Morgan fingerprint density at radius 2 is 1.52 bits per heavy atom. The van der Waals surface area contributed by atoms with Gasteiger partial charge in [-0.25, -0.2) is 8.42 Å². The van der Waals surface area contributed by atoms with Gasteiger partial charge in [0.2, 0.25) is 10.0 Å². The Morgan fingerprint density at radius 1 is 0.960 bits per heavy atom. The average Bonchev–Trinajstić information content (AvgIpc) is 3.30. The van der Waals surface area contributed by atoms with Crippen LogP contribution < -0.4 is 0 Å². The van der Waals surface area contributed by atoms with Crippen LogP contribution in [-0.4, -0.2) is 24.5 Å². The second-order valence-electron chi connectivity index (χ2n) is 7.56. The first-order valence-electron chi connectivity index (χ1n) is 8.33. The van der Waals surface area contributed by atoms with Crippen molar-refractivity contribution in [2.75, 3.05) is 0 Å². The van der Waals surface area contributed by atoms with Crippen LogP contribution in [0.5, 0.6) is 0 Å². The lowest BCUT2D eigenvalue weighted by Crippen LogP contribution is -2.29. The van der Waals surface area contributed by atoms with Gasteiger partial charge in [-0.3, -0.25) is 4.79 Å². The molecule has 0 saturated carbocycles. The number of carbonyl (C=O) groups is 1. The Morgan fingerprint density at radius 3 is 2.04 bits per heavy atom. The third kappa shape index (κ3) is 3.26. The maximum atomic E-state index is 13.1. The van der Waals surface area contributed by atoms with Gasteiger partial charge in [0.25, 0.3) is 0 Å². The Kier molecular flexibility index (Phi) is 4.33. The summed E-state index contributed by atoms with van der Waals surface area (Å²) in [5, 5.41) is 0. The molecule has 5 heteroatoms. The van der Waals surface area contributed by atoms with Crippen LogP contribution in [0, 0.1) is 12.3 Å². The van der Waals surface area contributed by atoms with E-state index >= 15 is 0 Å². The van der Waals surface area contributed by atoms with Crippen molar-refractivity contribution in [2.24, 2.45) is 5.41 Å². The third-order valence-corrected chi connectivity index (χ3v) is 6.38. The highest BCUT2D eigenvalue weighted by atomic mass is 32.2. The lowest BCUT2D eigenvalue weighted by Gasteiger charge is -2.16. The highest BCUT2D eigenvalue weighted by Crippen LogP contribution is 2.50. The smallest absolute Gasteiger partial charge is 0.244 e. The van der Waals surface area contributed by atoms with E-state index in [0.717, 1.165) is 11.1 Å². The van der Waals surface area contributed by atoms with Crippen molar-refractivity contribution >= 4 is 15.8 Å². The lowest BCUT2D eigenvalue weighted by atomic mass is 9.87. The summed E-state index contributed by atoms with van der Waals surface area (Å²) in [4.78, 5) is 13.1. The number of benzene rings is 2. The molecule has 4 nitrogen and oxygen atoms in total. The van der Waals surface area contributed by atoms with E-state index in [9.17, 15) is 13.2 Å². The standard InChI is InChI=1S/C20H23NO3S/c1-14-10-12-16(13-11-14)25(23,24)21-17(15-8-6-5-7-9-15)18(21)19(22)20(2,3)4/h5-13,17-18H,1-4H3/t17-,18+,21?/m0/s1. The number of ketones is 1. The molecular weight excluding hydrogens is 334 g/mol. The van der Waals surface area contributed by atoms with Gasteiger partial charge in [0.15, 0.2) is 5.78 Å². The van der Waals surface area contributed by atoms with Gasteiger partial charge in [-0.05, 0) is 24.6 Å². The molecule has 3 atom stereocenters.